The molecule has 0 aliphatic carbocycles. The molecule has 3 N–H and O–H groups in total. The highest BCUT2D eigenvalue weighted by Gasteiger charge is 2.13. The number of nitrogens with two attached hydrogens (primary N) is 1. The molecule has 0 fully saturated rings. The minimum absolute atomic E-state index is 0.142. The van der Waals surface area contributed by atoms with E-state index in [0.29, 0.717) is 6.54 Å². The fourth-order valence-corrected chi connectivity index (χ4v) is 2.23. The van der Waals surface area contributed by atoms with Gasteiger partial charge in [0.25, 0.3) is 0 Å². The summed E-state index contributed by atoms with van der Waals surface area (Å²) in [5.74, 6) is 0.810. The van der Waals surface area contributed by atoms with Crippen LogP contribution in [0.15, 0.2) is 29.7 Å². The molecule has 0 amide bonds. The number of thioether (sulfide) groups is 1. The van der Waals surface area contributed by atoms with Crippen molar-refractivity contribution < 1.29 is 0 Å². The molecule has 84 valence electrons. The van der Waals surface area contributed by atoms with Gasteiger partial charge in [-0.05, 0) is 18.6 Å². The molecule has 0 saturated heterocycles. The van der Waals surface area contributed by atoms with Crippen LogP contribution in [-0.4, -0.2) is 26.7 Å². The lowest BCUT2D eigenvalue weighted by Crippen LogP contribution is -2.09. The van der Waals surface area contributed by atoms with Crippen LogP contribution in [0.3, 0.4) is 0 Å². The minimum Gasteiger partial charge on any atom is -0.329 e. The highest BCUT2D eigenvalue weighted by atomic mass is 32.2. The Labute approximate surface area is 97.9 Å². The van der Waals surface area contributed by atoms with Gasteiger partial charge < -0.3 is 5.73 Å². The second-order valence-corrected chi connectivity index (χ2v) is 4.50. The molecule has 0 radical (unpaired) electrons. The summed E-state index contributed by atoms with van der Waals surface area (Å²) in [6, 6.07) is 3.92. The summed E-state index contributed by atoms with van der Waals surface area (Å²) in [6.07, 6.45) is 3.57. The number of H-pyrrole nitrogens is 1. The molecule has 0 bridgehead atoms. The number of aryl methyl sites for hydroxylation is 1. The van der Waals surface area contributed by atoms with Crippen molar-refractivity contribution in [2.24, 2.45) is 5.73 Å². The molecule has 16 heavy (non-hydrogen) atoms. The van der Waals surface area contributed by atoms with Crippen molar-refractivity contribution >= 4 is 11.8 Å². The summed E-state index contributed by atoms with van der Waals surface area (Å²) in [4.78, 5) is 8.33. The second kappa shape index (κ2) is 5.09. The molecule has 5 nitrogen and oxygen atoms in total. The van der Waals surface area contributed by atoms with Crippen LogP contribution >= 0.6 is 11.8 Å². The van der Waals surface area contributed by atoms with E-state index in [1.54, 1.807) is 18.0 Å². The van der Waals surface area contributed by atoms with Crippen LogP contribution in [0.25, 0.3) is 0 Å². The Hall–Kier alpha value is -1.40. The maximum Gasteiger partial charge on any atom is 0.209 e. The first-order valence-electron chi connectivity index (χ1n) is 4.95. The smallest absolute Gasteiger partial charge is 0.209 e. The van der Waals surface area contributed by atoms with Gasteiger partial charge in [0.05, 0.1) is 5.25 Å². The van der Waals surface area contributed by atoms with Gasteiger partial charge in [-0.1, -0.05) is 17.8 Å². The third kappa shape index (κ3) is 2.59. The van der Waals surface area contributed by atoms with E-state index in [1.165, 1.54) is 0 Å². The molecule has 2 rings (SSSR count). The van der Waals surface area contributed by atoms with Gasteiger partial charge in [0.15, 0.2) is 0 Å². The largest absolute Gasteiger partial charge is 0.329 e. The van der Waals surface area contributed by atoms with E-state index in [1.807, 2.05) is 25.3 Å². The zero-order chi connectivity index (χ0) is 11.4. The molecule has 2 aromatic heterocycles. The summed E-state index contributed by atoms with van der Waals surface area (Å²) < 4.78 is 0. The number of rotatable bonds is 4. The number of hydrogen-bond acceptors (Lipinski definition) is 5. The predicted octanol–water partition coefficient (Wildman–Crippen LogP) is 1.30. The summed E-state index contributed by atoms with van der Waals surface area (Å²) >= 11 is 1.54. The Kier molecular flexibility index (Phi) is 3.53. The van der Waals surface area contributed by atoms with Crippen molar-refractivity contribution in [3.05, 3.63) is 35.9 Å². The second-order valence-electron chi connectivity index (χ2n) is 3.33. The molecule has 0 aliphatic rings. The van der Waals surface area contributed by atoms with E-state index >= 15 is 0 Å². The lowest BCUT2D eigenvalue weighted by molar-refractivity contribution is 0.908. The molecule has 2 aromatic rings. The van der Waals surface area contributed by atoms with Crippen molar-refractivity contribution in [2.75, 3.05) is 6.54 Å². The Morgan fingerprint density at radius 3 is 3.00 bits per heavy atom. The van der Waals surface area contributed by atoms with E-state index in [0.717, 1.165) is 16.5 Å². The Morgan fingerprint density at radius 1 is 1.56 bits per heavy atom. The maximum absolute atomic E-state index is 5.75. The van der Waals surface area contributed by atoms with Crippen molar-refractivity contribution in [3.63, 3.8) is 0 Å². The van der Waals surface area contributed by atoms with Gasteiger partial charge >= 0.3 is 0 Å². The standard InChI is InChI=1S/C10H13N5S/c1-7-13-10(15-14-7)16-9(5-11)8-3-2-4-12-6-8/h2-4,6,9H,5,11H2,1H3,(H,13,14,15). The summed E-state index contributed by atoms with van der Waals surface area (Å²) in [5.41, 5.74) is 6.84. The van der Waals surface area contributed by atoms with E-state index < -0.39 is 0 Å². The lowest BCUT2D eigenvalue weighted by Gasteiger charge is -2.11. The monoisotopic (exact) mass is 235 g/mol. The normalized spacial score (nSPS) is 12.6. The van der Waals surface area contributed by atoms with E-state index in [-0.39, 0.29) is 5.25 Å². The van der Waals surface area contributed by atoms with Crippen LogP contribution in [0.5, 0.6) is 0 Å². The van der Waals surface area contributed by atoms with Crippen molar-refractivity contribution in [3.8, 4) is 0 Å². The molecule has 0 aromatic carbocycles. The van der Waals surface area contributed by atoms with Crippen molar-refractivity contribution in [1.29, 1.82) is 0 Å². The number of nitrogens with zero attached hydrogens (tertiary/aromatic N) is 3. The number of nitrogens with one attached hydrogen (secondary N) is 1. The van der Waals surface area contributed by atoms with Gasteiger partial charge in [0.1, 0.15) is 5.82 Å². The molecule has 2 heterocycles. The SMILES string of the molecule is Cc1nc(SC(CN)c2cccnc2)n[nH]1. The van der Waals surface area contributed by atoms with Crippen LogP contribution < -0.4 is 5.73 Å². The predicted molar refractivity (Wildman–Crippen MR) is 63.0 cm³/mol. The van der Waals surface area contributed by atoms with Gasteiger partial charge in [-0.25, -0.2) is 4.98 Å². The molecule has 0 spiro atoms. The quantitative estimate of drug-likeness (QED) is 0.781. The third-order valence-electron chi connectivity index (χ3n) is 2.09. The fourth-order valence-electron chi connectivity index (χ4n) is 1.32. The zero-order valence-electron chi connectivity index (χ0n) is 8.92. The number of aromatic amines is 1. The number of pyridine rings is 1. The molecule has 0 aliphatic heterocycles. The molecule has 0 saturated carbocycles. The van der Waals surface area contributed by atoms with Gasteiger partial charge in [0.2, 0.25) is 5.16 Å². The number of hydrogen-bond donors (Lipinski definition) is 2. The summed E-state index contributed by atoms with van der Waals surface area (Å²) in [7, 11) is 0. The van der Waals surface area contributed by atoms with Gasteiger partial charge in [-0.2, -0.15) is 0 Å². The van der Waals surface area contributed by atoms with Crippen LogP contribution in [0.1, 0.15) is 16.6 Å². The molecular formula is C10H13N5S. The average Bonchev–Trinajstić information content (AvgIpc) is 2.73. The van der Waals surface area contributed by atoms with Gasteiger partial charge in [0, 0.05) is 18.9 Å². The molecule has 1 unspecified atom stereocenters. The molecule has 1 atom stereocenters. The highest BCUT2D eigenvalue weighted by molar-refractivity contribution is 7.99. The third-order valence-corrected chi connectivity index (χ3v) is 3.24. The van der Waals surface area contributed by atoms with E-state index in [9.17, 15) is 0 Å². The first-order valence-corrected chi connectivity index (χ1v) is 5.83. The fraction of sp³-hybridized carbons (Fsp3) is 0.300. The Morgan fingerprint density at radius 2 is 2.44 bits per heavy atom. The number of aromatic nitrogens is 4. The Bertz CT molecular complexity index is 441. The zero-order valence-corrected chi connectivity index (χ0v) is 9.74. The van der Waals surface area contributed by atoms with Crippen molar-refractivity contribution in [1.82, 2.24) is 20.2 Å². The Balaban J connectivity index is 2.12. The van der Waals surface area contributed by atoms with Crippen LogP contribution in [0, 0.1) is 6.92 Å². The van der Waals surface area contributed by atoms with E-state index in [4.69, 9.17) is 5.73 Å². The minimum atomic E-state index is 0.142. The van der Waals surface area contributed by atoms with Gasteiger partial charge in [-0.15, -0.1) is 5.10 Å². The topological polar surface area (TPSA) is 80.5 Å². The van der Waals surface area contributed by atoms with Gasteiger partial charge in [-0.3, -0.25) is 10.1 Å². The highest BCUT2D eigenvalue weighted by Crippen LogP contribution is 2.31. The van der Waals surface area contributed by atoms with Crippen molar-refractivity contribution in [2.45, 2.75) is 17.3 Å². The first-order chi connectivity index (χ1) is 7.79. The van der Waals surface area contributed by atoms with E-state index in [2.05, 4.69) is 20.2 Å². The van der Waals surface area contributed by atoms with Crippen LogP contribution in [0.4, 0.5) is 0 Å². The lowest BCUT2D eigenvalue weighted by atomic mass is 10.2. The summed E-state index contributed by atoms with van der Waals surface area (Å²) in [6.45, 7) is 2.41. The molecule has 6 heteroatoms. The first kappa shape index (κ1) is 11.1. The average molecular weight is 235 g/mol. The van der Waals surface area contributed by atoms with Crippen LogP contribution in [-0.2, 0) is 0 Å². The maximum atomic E-state index is 5.75. The summed E-state index contributed by atoms with van der Waals surface area (Å²) in [5, 5.41) is 7.75. The van der Waals surface area contributed by atoms with Crippen LogP contribution in [0.2, 0.25) is 0 Å². The molecular weight excluding hydrogens is 222 g/mol.